The second-order valence-corrected chi connectivity index (χ2v) is 12.0. The third kappa shape index (κ3) is 7.23. The summed E-state index contributed by atoms with van der Waals surface area (Å²) in [6.45, 7) is 5.10. The molecule has 0 bridgehead atoms. The average molecular weight is 639 g/mol. The lowest BCUT2D eigenvalue weighted by Crippen LogP contribution is -2.23. The molecule has 4 aromatic rings. The van der Waals surface area contributed by atoms with Crippen molar-refractivity contribution in [2.75, 3.05) is 36.9 Å². The maximum absolute atomic E-state index is 13.0. The second-order valence-electron chi connectivity index (χ2n) is 11.6. The number of halogens is 1. The van der Waals surface area contributed by atoms with Gasteiger partial charge in [-0.15, -0.1) is 0 Å². The van der Waals surface area contributed by atoms with E-state index in [4.69, 9.17) is 21.1 Å². The van der Waals surface area contributed by atoms with E-state index in [1.54, 1.807) is 30.5 Å². The van der Waals surface area contributed by atoms with E-state index in [0.29, 0.717) is 75.0 Å². The topological polar surface area (TPSA) is 133 Å². The molecule has 1 saturated carbocycles. The van der Waals surface area contributed by atoms with Gasteiger partial charge in [-0.1, -0.05) is 23.7 Å². The summed E-state index contributed by atoms with van der Waals surface area (Å²) in [6.07, 6.45) is 8.17. The molecule has 0 spiro atoms. The molecule has 3 atom stereocenters. The molecule has 1 amide bonds. The highest BCUT2D eigenvalue weighted by atomic mass is 35.5. The van der Waals surface area contributed by atoms with Crippen LogP contribution in [-0.2, 0) is 11.4 Å². The van der Waals surface area contributed by atoms with E-state index >= 15 is 0 Å². The first kappa shape index (κ1) is 31.3. The van der Waals surface area contributed by atoms with Gasteiger partial charge in [0.25, 0.3) is 0 Å². The number of aliphatic hydroxyl groups is 1. The predicted molar refractivity (Wildman–Crippen MR) is 177 cm³/mol. The molecule has 11 heteroatoms. The van der Waals surface area contributed by atoms with E-state index in [9.17, 15) is 15.2 Å². The van der Waals surface area contributed by atoms with Crippen LogP contribution in [0.15, 0.2) is 73.1 Å². The lowest BCUT2D eigenvalue weighted by Gasteiger charge is -2.17. The summed E-state index contributed by atoms with van der Waals surface area (Å²) >= 11 is 6.56. The molecular formula is C35H35ClN6O4. The van der Waals surface area contributed by atoms with Gasteiger partial charge in [0.1, 0.15) is 24.2 Å². The highest BCUT2D eigenvalue weighted by Gasteiger charge is 2.39. The maximum atomic E-state index is 13.0. The van der Waals surface area contributed by atoms with Crippen molar-refractivity contribution in [1.82, 2.24) is 14.9 Å². The number of likely N-dealkylation sites (tertiary alicyclic amines) is 1. The van der Waals surface area contributed by atoms with Crippen molar-refractivity contribution in [3.8, 4) is 17.6 Å². The Labute approximate surface area is 272 Å². The molecule has 3 N–H and O–H groups in total. The van der Waals surface area contributed by atoms with Gasteiger partial charge in [0.05, 0.1) is 45.9 Å². The van der Waals surface area contributed by atoms with Crippen LogP contribution < -0.4 is 20.1 Å². The highest BCUT2D eigenvalue weighted by Crippen LogP contribution is 2.39. The normalized spacial score (nSPS) is 19.2. The summed E-state index contributed by atoms with van der Waals surface area (Å²) in [4.78, 5) is 24.1. The van der Waals surface area contributed by atoms with Crippen LogP contribution in [0, 0.1) is 23.2 Å². The number of aliphatic hydroxyl groups excluding tert-OH is 1. The van der Waals surface area contributed by atoms with Crippen LogP contribution in [0.2, 0.25) is 5.02 Å². The molecule has 1 unspecified atom stereocenters. The Hall–Kier alpha value is -4.69. The van der Waals surface area contributed by atoms with Gasteiger partial charge in [-0.25, -0.2) is 0 Å². The van der Waals surface area contributed by atoms with Crippen LogP contribution in [0.5, 0.6) is 11.5 Å². The summed E-state index contributed by atoms with van der Waals surface area (Å²) in [5.74, 6) is 1.77. The number of pyridine rings is 2. The predicted octanol–water partition coefficient (Wildman–Crippen LogP) is 6.07. The Balaban J connectivity index is 1.19. The number of hydrogen-bond donors (Lipinski definition) is 3. The molecule has 6 rings (SSSR count). The summed E-state index contributed by atoms with van der Waals surface area (Å²) in [7, 11) is 0. The fourth-order valence-electron chi connectivity index (χ4n) is 6.28. The summed E-state index contributed by atoms with van der Waals surface area (Å²) in [6, 6.07) is 16.6. The fraction of sp³-hybridized carbons (Fsp3) is 0.314. The molecule has 10 nitrogen and oxygen atoms in total. The maximum Gasteiger partial charge on any atom is 0.248 e. The number of carbonyl (C=O) groups is 1. The van der Waals surface area contributed by atoms with Crippen LogP contribution in [0.1, 0.15) is 31.0 Å². The molecule has 2 fully saturated rings. The molecular weight excluding hydrogens is 604 g/mol. The van der Waals surface area contributed by atoms with Gasteiger partial charge in [-0.3, -0.25) is 19.7 Å². The van der Waals surface area contributed by atoms with Gasteiger partial charge in [0, 0.05) is 55.2 Å². The lowest BCUT2D eigenvalue weighted by molar-refractivity contribution is -0.111. The summed E-state index contributed by atoms with van der Waals surface area (Å²) in [5.41, 5.74) is 3.31. The van der Waals surface area contributed by atoms with Crippen molar-refractivity contribution in [3.63, 3.8) is 0 Å². The van der Waals surface area contributed by atoms with Gasteiger partial charge in [-0.2, -0.15) is 5.26 Å². The van der Waals surface area contributed by atoms with Gasteiger partial charge in [-0.05, 0) is 68.0 Å². The van der Waals surface area contributed by atoms with Crippen LogP contribution in [0.25, 0.3) is 10.9 Å². The summed E-state index contributed by atoms with van der Waals surface area (Å²) < 4.78 is 11.7. The third-order valence-corrected chi connectivity index (χ3v) is 8.68. The van der Waals surface area contributed by atoms with Crippen molar-refractivity contribution in [1.29, 1.82) is 5.26 Å². The van der Waals surface area contributed by atoms with E-state index in [1.807, 2.05) is 37.3 Å². The lowest BCUT2D eigenvalue weighted by atomic mass is 10.0. The van der Waals surface area contributed by atoms with Gasteiger partial charge < -0.3 is 25.2 Å². The molecule has 236 valence electrons. The number of aromatic nitrogens is 2. The van der Waals surface area contributed by atoms with Gasteiger partial charge >= 0.3 is 0 Å². The van der Waals surface area contributed by atoms with Crippen LogP contribution in [0.4, 0.5) is 17.1 Å². The Morgan fingerprint density at radius 3 is 2.67 bits per heavy atom. The van der Waals surface area contributed by atoms with Crippen molar-refractivity contribution < 1.29 is 19.4 Å². The van der Waals surface area contributed by atoms with E-state index in [2.05, 4.69) is 31.6 Å². The minimum Gasteiger partial charge on any atom is -0.492 e. The van der Waals surface area contributed by atoms with E-state index in [0.717, 1.165) is 31.6 Å². The van der Waals surface area contributed by atoms with Crippen LogP contribution in [-0.4, -0.2) is 58.2 Å². The van der Waals surface area contributed by atoms with Crippen LogP contribution >= 0.6 is 11.6 Å². The molecule has 1 saturated heterocycles. The Bertz CT molecular complexity index is 1780. The minimum absolute atomic E-state index is 0.170. The zero-order chi connectivity index (χ0) is 32.0. The van der Waals surface area contributed by atoms with E-state index < -0.39 is 0 Å². The monoisotopic (exact) mass is 638 g/mol. The molecule has 46 heavy (non-hydrogen) atoms. The number of nitrogens with zero attached hydrogens (tertiary/aromatic N) is 4. The number of hydrogen-bond acceptors (Lipinski definition) is 9. The smallest absolute Gasteiger partial charge is 0.248 e. The summed E-state index contributed by atoms with van der Waals surface area (Å²) in [5, 5.41) is 27.1. The van der Waals surface area contributed by atoms with Crippen molar-refractivity contribution in [3.05, 3.63) is 89.4 Å². The number of amides is 1. The number of carbonyl (C=O) groups excluding carboxylic acids is 1. The van der Waals surface area contributed by atoms with E-state index in [-0.39, 0.29) is 18.6 Å². The number of nitrogens with one attached hydrogen (secondary N) is 2. The standard InChI is InChI=1S/C35H35ClN6O4/c1-2-45-33-16-30-28(15-31(33)41-34(44)7-5-11-42-19-22-12-27(43)13-23(22)20-42)35(24(17-37)18-39-30)40-25-8-9-32(29(36)14-25)46-21-26-6-3-4-10-38-26/h3-10,14-16,18,22-23,27,43H,2,11-13,19-21H2,1H3,(H,39,40)(H,41,44)/b7-5+/t22-,23+,27?. The zero-order valence-electron chi connectivity index (χ0n) is 25.4. The number of fused-ring (bicyclic) bond motifs is 2. The van der Waals surface area contributed by atoms with Gasteiger partial charge in [0.2, 0.25) is 5.91 Å². The van der Waals surface area contributed by atoms with Gasteiger partial charge in [0.15, 0.2) is 0 Å². The quantitative estimate of drug-likeness (QED) is 0.167. The number of nitriles is 1. The molecule has 2 aliphatic rings. The number of rotatable bonds is 11. The Morgan fingerprint density at radius 1 is 1.13 bits per heavy atom. The fourth-order valence-corrected chi connectivity index (χ4v) is 6.52. The zero-order valence-corrected chi connectivity index (χ0v) is 26.2. The first-order valence-corrected chi connectivity index (χ1v) is 15.7. The minimum atomic E-state index is -0.290. The number of benzene rings is 2. The molecule has 1 aliphatic carbocycles. The largest absolute Gasteiger partial charge is 0.492 e. The Morgan fingerprint density at radius 2 is 1.96 bits per heavy atom. The highest BCUT2D eigenvalue weighted by molar-refractivity contribution is 6.32. The average Bonchev–Trinajstić information content (AvgIpc) is 3.58. The first-order valence-electron chi connectivity index (χ1n) is 15.4. The van der Waals surface area contributed by atoms with E-state index in [1.165, 1.54) is 12.3 Å². The van der Waals surface area contributed by atoms with Crippen molar-refractivity contribution in [2.24, 2.45) is 11.8 Å². The Kier molecular flexibility index (Phi) is 9.64. The molecule has 2 aromatic heterocycles. The third-order valence-electron chi connectivity index (χ3n) is 8.38. The van der Waals surface area contributed by atoms with Crippen molar-refractivity contribution in [2.45, 2.75) is 32.5 Å². The number of ether oxygens (including phenoxy) is 2. The molecule has 2 aromatic carbocycles. The van der Waals surface area contributed by atoms with Crippen LogP contribution in [0.3, 0.4) is 0 Å². The molecule has 1 aliphatic heterocycles. The molecule has 3 heterocycles. The second kappa shape index (κ2) is 14.2. The number of anilines is 3. The van der Waals surface area contributed by atoms with Crippen molar-refractivity contribution >= 4 is 45.5 Å². The first-order chi connectivity index (χ1) is 22.4. The molecule has 0 radical (unpaired) electrons. The SMILES string of the molecule is CCOc1cc2ncc(C#N)c(Nc3ccc(OCc4ccccn4)c(Cl)c3)c2cc1NC(=O)/C=C/CN1C[C@H]2CC(O)C[C@H]2C1.